The molecule has 0 N–H and O–H groups in total. The van der Waals surface area contributed by atoms with E-state index >= 15 is 0 Å². The number of halogens is 1. The molecular weight excluding hydrogens is 300 g/mol. The zero-order chi connectivity index (χ0) is 11.7. The molecule has 1 aromatic carbocycles. The summed E-state index contributed by atoms with van der Waals surface area (Å²) in [4.78, 5) is 0. The van der Waals surface area contributed by atoms with Crippen LogP contribution in [-0.4, -0.2) is 31.7 Å². The van der Waals surface area contributed by atoms with Crippen LogP contribution >= 0.6 is 27.7 Å². The lowest BCUT2D eigenvalue weighted by atomic mass is 10.2. The van der Waals surface area contributed by atoms with Crippen molar-refractivity contribution in [3.05, 3.63) is 30.3 Å². The van der Waals surface area contributed by atoms with E-state index in [1.807, 2.05) is 35.0 Å². The van der Waals surface area contributed by atoms with E-state index in [-0.39, 0.29) is 0 Å². The van der Waals surface area contributed by atoms with Crippen LogP contribution in [-0.2, 0) is 0 Å². The Bertz CT molecular complexity index is 564. The topological polar surface area (TPSA) is 43.1 Å². The first-order chi connectivity index (χ1) is 8.38. The highest BCUT2D eigenvalue weighted by molar-refractivity contribution is 9.09. The molecule has 0 bridgehead atoms. The van der Waals surface area contributed by atoms with E-state index in [1.165, 1.54) is 0 Å². The monoisotopic (exact) mass is 308 g/mol. The Labute approximate surface area is 111 Å². The van der Waals surface area contributed by atoms with Gasteiger partial charge in [0, 0.05) is 16.6 Å². The molecular formula is C11H9BrN4S. The summed E-state index contributed by atoms with van der Waals surface area (Å²) in [5, 5.41) is 14.5. The van der Waals surface area contributed by atoms with Crippen LogP contribution < -0.4 is 0 Å². The molecule has 6 heteroatoms. The zero-order valence-electron chi connectivity index (χ0n) is 8.88. The fourth-order valence-corrected chi connectivity index (χ4v) is 2.97. The van der Waals surface area contributed by atoms with E-state index < -0.39 is 0 Å². The molecule has 0 radical (unpaired) electrons. The molecule has 0 saturated heterocycles. The molecule has 1 aliphatic rings. The number of nitrogens with zero attached hydrogens (tertiary/aromatic N) is 4. The molecule has 17 heavy (non-hydrogen) atoms. The molecule has 1 aliphatic heterocycles. The van der Waals surface area contributed by atoms with Crippen LogP contribution in [0.15, 0.2) is 40.6 Å². The standard InChI is InChI=1S/C11H9BrN4S/c12-6-9-7-17-11-14-13-10(16(11)15-9)8-4-2-1-3-5-8/h1-5H,6-7H2. The number of hydrogen-bond donors (Lipinski definition) is 0. The molecule has 0 saturated carbocycles. The predicted molar refractivity (Wildman–Crippen MR) is 72.8 cm³/mol. The van der Waals surface area contributed by atoms with E-state index in [9.17, 15) is 0 Å². The molecule has 0 spiro atoms. The lowest BCUT2D eigenvalue weighted by molar-refractivity contribution is 0.761. The van der Waals surface area contributed by atoms with Gasteiger partial charge in [0.05, 0.1) is 5.71 Å². The molecule has 2 aromatic rings. The zero-order valence-corrected chi connectivity index (χ0v) is 11.3. The van der Waals surface area contributed by atoms with Gasteiger partial charge in [0.25, 0.3) is 0 Å². The van der Waals surface area contributed by atoms with E-state index in [1.54, 1.807) is 11.8 Å². The molecule has 0 fully saturated rings. The molecule has 1 aromatic heterocycles. The Morgan fingerprint density at radius 3 is 2.82 bits per heavy atom. The van der Waals surface area contributed by atoms with Crippen LogP contribution in [0.25, 0.3) is 11.4 Å². The molecule has 0 aliphatic carbocycles. The Balaban J connectivity index is 2.10. The second-order valence-electron chi connectivity index (χ2n) is 3.57. The molecule has 3 rings (SSSR count). The van der Waals surface area contributed by atoms with Crippen LogP contribution in [0.2, 0.25) is 0 Å². The third-order valence-electron chi connectivity index (χ3n) is 2.41. The summed E-state index contributed by atoms with van der Waals surface area (Å²) in [6.45, 7) is 0. The van der Waals surface area contributed by atoms with Crippen LogP contribution in [0, 0.1) is 0 Å². The van der Waals surface area contributed by atoms with Crippen LogP contribution in [0.3, 0.4) is 0 Å². The van der Waals surface area contributed by atoms with Gasteiger partial charge in [-0.05, 0) is 0 Å². The fourth-order valence-electron chi connectivity index (χ4n) is 1.60. The summed E-state index contributed by atoms with van der Waals surface area (Å²) in [5.74, 6) is 1.67. The maximum absolute atomic E-state index is 4.54. The van der Waals surface area contributed by atoms with Gasteiger partial charge < -0.3 is 0 Å². The first-order valence-corrected chi connectivity index (χ1v) is 7.25. The van der Waals surface area contributed by atoms with Crippen molar-refractivity contribution in [2.75, 3.05) is 11.1 Å². The van der Waals surface area contributed by atoms with Gasteiger partial charge in [-0.3, -0.25) is 0 Å². The van der Waals surface area contributed by atoms with Gasteiger partial charge >= 0.3 is 0 Å². The number of alkyl halides is 1. The summed E-state index contributed by atoms with van der Waals surface area (Å²) in [6.07, 6.45) is 0. The van der Waals surface area contributed by atoms with E-state index in [0.717, 1.165) is 33.3 Å². The maximum atomic E-state index is 4.54. The lowest BCUT2D eigenvalue weighted by Crippen LogP contribution is -2.13. The first kappa shape index (κ1) is 11.0. The van der Waals surface area contributed by atoms with Crippen molar-refractivity contribution in [2.45, 2.75) is 5.16 Å². The Kier molecular flexibility index (Phi) is 2.98. The largest absolute Gasteiger partial charge is 0.212 e. The molecule has 0 amide bonds. The van der Waals surface area contributed by atoms with Gasteiger partial charge in [-0.25, -0.2) is 0 Å². The fraction of sp³-hybridized carbons (Fsp3) is 0.182. The number of rotatable bonds is 2. The van der Waals surface area contributed by atoms with E-state index in [4.69, 9.17) is 0 Å². The minimum Gasteiger partial charge on any atom is -0.187 e. The number of fused-ring (bicyclic) bond motifs is 1. The number of benzene rings is 1. The van der Waals surface area contributed by atoms with Crippen molar-refractivity contribution in [1.29, 1.82) is 0 Å². The quantitative estimate of drug-likeness (QED) is 0.801. The Hall–Kier alpha value is -1.14. The highest BCUT2D eigenvalue weighted by Crippen LogP contribution is 2.26. The van der Waals surface area contributed by atoms with Crippen molar-refractivity contribution < 1.29 is 0 Å². The second kappa shape index (κ2) is 4.62. The SMILES string of the molecule is BrCC1=Nn2c(nnc2-c2ccccc2)SC1. The summed E-state index contributed by atoms with van der Waals surface area (Å²) < 4.78 is 1.82. The maximum Gasteiger partial charge on any atom is 0.212 e. The first-order valence-electron chi connectivity index (χ1n) is 5.15. The van der Waals surface area contributed by atoms with Crippen molar-refractivity contribution in [1.82, 2.24) is 14.9 Å². The van der Waals surface area contributed by atoms with Gasteiger partial charge in [0.1, 0.15) is 0 Å². The average Bonchev–Trinajstić information content (AvgIpc) is 2.82. The molecule has 0 atom stereocenters. The van der Waals surface area contributed by atoms with Gasteiger partial charge in [-0.15, -0.1) is 10.2 Å². The van der Waals surface area contributed by atoms with Crippen molar-refractivity contribution >= 4 is 33.4 Å². The number of hydrogen-bond acceptors (Lipinski definition) is 4. The highest BCUT2D eigenvalue weighted by atomic mass is 79.9. The average molecular weight is 309 g/mol. The second-order valence-corrected chi connectivity index (χ2v) is 5.08. The Morgan fingerprint density at radius 2 is 2.06 bits per heavy atom. The summed E-state index contributed by atoms with van der Waals surface area (Å²) in [6, 6.07) is 9.99. The van der Waals surface area contributed by atoms with Crippen LogP contribution in [0.5, 0.6) is 0 Å². The van der Waals surface area contributed by atoms with Crippen LogP contribution in [0.4, 0.5) is 0 Å². The number of thioether (sulfide) groups is 1. The molecule has 2 heterocycles. The van der Waals surface area contributed by atoms with Crippen molar-refractivity contribution in [3.8, 4) is 11.4 Å². The highest BCUT2D eigenvalue weighted by Gasteiger charge is 2.18. The normalized spacial score (nSPS) is 14.3. The van der Waals surface area contributed by atoms with Gasteiger partial charge in [-0.1, -0.05) is 58.0 Å². The van der Waals surface area contributed by atoms with Crippen molar-refractivity contribution in [2.24, 2.45) is 5.10 Å². The minimum absolute atomic E-state index is 0.784. The summed E-state index contributed by atoms with van der Waals surface area (Å²) in [5.41, 5.74) is 2.13. The Morgan fingerprint density at radius 1 is 1.24 bits per heavy atom. The summed E-state index contributed by atoms with van der Waals surface area (Å²) >= 11 is 5.10. The number of aromatic nitrogens is 3. The van der Waals surface area contributed by atoms with Crippen molar-refractivity contribution in [3.63, 3.8) is 0 Å². The molecule has 4 nitrogen and oxygen atoms in total. The predicted octanol–water partition coefficient (Wildman–Crippen LogP) is 2.65. The van der Waals surface area contributed by atoms with Crippen LogP contribution in [0.1, 0.15) is 0 Å². The molecule has 86 valence electrons. The smallest absolute Gasteiger partial charge is 0.187 e. The third kappa shape index (κ3) is 2.02. The van der Waals surface area contributed by atoms with Gasteiger partial charge in [-0.2, -0.15) is 9.78 Å². The third-order valence-corrected chi connectivity index (χ3v) is 4.05. The molecule has 0 unspecified atom stereocenters. The summed E-state index contributed by atoms with van der Waals surface area (Å²) in [7, 11) is 0. The van der Waals surface area contributed by atoms with Gasteiger partial charge in [0.2, 0.25) is 5.16 Å². The minimum atomic E-state index is 0.784. The van der Waals surface area contributed by atoms with E-state index in [2.05, 4.69) is 31.2 Å². The van der Waals surface area contributed by atoms with Gasteiger partial charge in [0.15, 0.2) is 5.82 Å². The van der Waals surface area contributed by atoms with E-state index in [0.29, 0.717) is 0 Å². The lowest BCUT2D eigenvalue weighted by Gasteiger charge is -2.11.